The van der Waals surface area contributed by atoms with Gasteiger partial charge in [0.05, 0.1) is 23.8 Å². The number of carbonyl (C=O) groups is 1. The first kappa shape index (κ1) is 10.5. The van der Waals surface area contributed by atoms with E-state index in [4.69, 9.17) is 0 Å². The zero-order valence-electron chi connectivity index (χ0n) is 9.45. The van der Waals surface area contributed by atoms with Crippen molar-refractivity contribution in [2.75, 3.05) is 0 Å². The van der Waals surface area contributed by atoms with Crippen LogP contribution in [0, 0.1) is 0 Å². The number of carbonyl (C=O) groups excluding carboxylic acids is 1. The number of aldehydes is 1. The van der Waals surface area contributed by atoms with Crippen LogP contribution in [0.4, 0.5) is 0 Å². The van der Waals surface area contributed by atoms with Gasteiger partial charge in [-0.1, -0.05) is 18.2 Å². The SMILES string of the molecule is O=Cc1ncc(-c2cnn(-c3ccccc3)c2)[nH]1. The number of hydrogen-bond donors (Lipinski definition) is 1. The molecule has 0 aliphatic rings. The molecule has 0 saturated carbocycles. The van der Waals surface area contributed by atoms with Gasteiger partial charge < -0.3 is 4.98 Å². The number of aromatic amines is 1. The maximum atomic E-state index is 10.6. The van der Waals surface area contributed by atoms with Crippen LogP contribution >= 0.6 is 0 Å². The van der Waals surface area contributed by atoms with Crippen LogP contribution in [0.5, 0.6) is 0 Å². The standard InChI is InChI=1S/C13H10N4O/c18-9-13-14-7-12(16-13)10-6-15-17(8-10)11-4-2-1-3-5-11/h1-9H,(H,14,16). The van der Waals surface area contributed by atoms with Crippen molar-refractivity contribution in [2.45, 2.75) is 0 Å². The van der Waals surface area contributed by atoms with Crippen LogP contribution in [0.15, 0.2) is 48.9 Å². The molecule has 0 bridgehead atoms. The summed E-state index contributed by atoms with van der Waals surface area (Å²) in [6, 6.07) is 9.81. The summed E-state index contributed by atoms with van der Waals surface area (Å²) in [6.07, 6.45) is 5.92. The molecule has 0 atom stereocenters. The lowest BCUT2D eigenvalue weighted by atomic mass is 10.3. The molecule has 2 heterocycles. The summed E-state index contributed by atoms with van der Waals surface area (Å²) in [5, 5.41) is 4.28. The average Bonchev–Trinajstić information content (AvgIpc) is 3.08. The third kappa shape index (κ3) is 1.82. The highest BCUT2D eigenvalue weighted by atomic mass is 16.1. The summed E-state index contributed by atoms with van der Waals surface area (Å²) in [6.45, 7) is 0. The van der Waals surface area contributed by atoms with E-state index in [0.29, 0.717) is 12.1 Å². The van der Waals surface area contributed by atoms with Crippen molar-refractivity contribution in [1.82, 2.24) is 19.7 Å². The van der Waals surface area contributed by atoms with Gasteiger partial charge in [-0.15, -0.1) is 0 Å². The molecule has 0 fully saturated rings. The summed E-state index contributed by atoms with van der Waals surface area (Å²) in [4.78, 5) is 17.4. The van der Waals surface area contributed by atoms with Crippen LogP contribution in [0.3, 0.4) is 0 Å². The Kier molecular flexibility index (Phi) is 2.49. The quantitative estimate of drug-likeness (QED) is 0.710. The Labute approximate surface area is 103 Å². The Morgan fingerprint density at radius 2 is 2.00 bits per heavy atom. The third-order valence-corrected chi connectivity index (χ3v) is 2.62. The van der Waals surface area contributed by atoms with Crippen LogP contribution in [-0.2, 0) is 0 Å². The van der Waals surface area contributed by atoms with Crippen LogP contribution in [0.1, 0.15) is 10.6 Å². The molecule has 88 valence electrons. The molecule has 5 heteroatoms. The molecular weight excluding hydrogens is 228 g/mol. The maximum Gasteiger partial charge on any atom is 0.185 e. The Bertz CT molecular complexity index is 669. The monoisotopic (exact) mass is 238 g/mol. The predicted molar refractivity (Wildman–Crippen MR) is 66.5 cm³/mol. The average molecular weight is 238 g/mol. The molecule has 18 heavy (non-hydrogen) atoms. The molecule has 0 aliphatic heterocycles. The van der Waals surface area contributed by atoms with E-state index < -0.39 is 0 Å². The van der Waals surface area contributed by atoms with E-state index in [1.54, 1.807) is 17.1 Å². The van der Waals surface area contributed by atoms with E-state index in [1.807, 2.05) is 36.5 Å². The number of nitrogens with one attached hydrogen (secondary N) is 1. The fourth-order valence-corrected chi connectivity index (χ4v) is 1.73. The van der Waals surface area contributed by atoms with Crippen LogP contribution in [-0.4, -0.2) is 26.0 Å². The number of H-pyrrole nitrogens is 1. The first-order valence-electron chi connectivity index (χ1n) is 5.47. The summed E-state index contributed by atoms with van der Waals surface area (Å²) in [7, 11) is 0. The Morgan fingerprint density at radius 1 is 1.17 bits per heavy atom. The van der Waals surface area contributed by atoms with E-state index in [9.17, 15) is 4.79 Å². The second-order valence-electron chi connectivity index (χ2n) is 3.81. The summed E-state index contributed by atoms with van der Waals surface area (Å²) in [5.41, 5.74) is 2.65. The highest BCUT2D eigenvalue weighted by molar-refractivity contribution is 5.71. The maximum absolute atomic E-state index is 10.6. The third-order valence-electron chi connectivity index (χ3n) is 2.62. The van der Waals surface area contributed by atoms with Gasteiger partial charge in [-0.25, -0.2) is 9.67 Å². The van der Waals surface area contributed by atoms with Gasteiger partial charge in [0.1, 0.15) is 0 Å². The lowest BCUT2D eigenvalue weighted by Crippen LogP contribution is -1.92. The molecule has 0 spiro atoms. The first-order valence-corrected chi connectivity index (χ1v) is 5.47. The fraction of sp³-hybridized carbons (Fsp3) is 0. The second-order valence-corrected chi connectivity index (χ2v) is 3.81. The second kappa shape index (κ2) is 4.29. The zero-order chi connectivity index (χ0) is 12.4. The van der Waals surface area contributed by atoms with E-state index in [-0.39, 0.29) is 0 Å². The smallest absolute Gasteiger partial charge is 0.185 e. The molecule has 1 N–H and O–H groups in total. The first-order chi connectivity index (χ1) is 8.86. The number of aromatic nitrogens is 4. The number of hydrogen-bond acceptors (Lipinski definition) is 3. The molecule has 5 nitrogen and oxygen atoms in total. The van der Waals surface area contributed by atoms with E-state index in [0.717, 1.165) is 16.9 Å². The Morgan fingerprint density at radius 3 is 2.72 bits per heavy atom. The normalized spacial score (nSPS) is 10.4. The van der Waals surface area contributed by atoms with Crippen LogP contribution in [0.25, 0.3) is 16.9 Å². The minimum atomic E-state index is 0.317. The fourth-order valence-electron chi connectivity index (χ4n) is 1.73. The molecule has 0 saturated heterocycles. The molecule has 3 rings (SSSR count). The van der Waals surface area contributed by atoms with Crippen molar-refractivity contribution < 1.29 is 4.79 Å². The van der Waals surface area contributed by atoms with Gasteiger partial charge in [0.2, 0.25) is 0 Å². The van der Waals surface area contributed by atoms with Gasteiger partial charge in [-0.3, -0.25) is 4.79 Å². The minimum absolute atomic E-state index is 0.317. The van der Waals surface area contributed by atoms with Gasteiger partial charge in [0.15, 0.2) is 12.1 Å². The predicted octanol–water partition coefficient (Wildman–Crippen LogP) is 2.07. The van der Waals surface area contributed by atoms with Gasteiger partial charge in [0.25, 0.3) is 0 Å². The molecule has 0 radical (unpaired) electrons. The van der Waals surface area contributed by atoms with Crippen molar-refractivity contribution in [3.05, 3.63) is 54.7 Å². The lowest BCUT2D eigenvalue weighted by molar-refractivity contribution is 0.111. The van der Waals surface area contributed by atoms with E-state index in [2.05, 4.69) is 15.1 Å². The van der Waals surface area contributed by atoms with Crippen LogP contribution in [0.2, 0.25) is 0 Å². The van der Waals surface area contributed by atoms with E-state index in [1.165, 1.54) is 0 Å². The number of imidazole rings is 1. The van der Waals surface area contributed by atoms with Gasteiger partial charge >= 0.3 is 0 Å². The highest BCUT2D eigenvalue weighted by Gasteiger charge is 2.06. The summed E-state index contributed by atoms with van der Waals surface area (Å²) in [5.74, 6) is 0.317. The number of rotatable bonds is 3. The lowest BCUT2D eigenvalue weighted by Gasteiger charge is -1.98. The van der Waals surface area contributed by atoms with Gasteiger partial charge in [0, 0.05) is 11.8 Å². The van der Waals surface area contributed by atoms with Crippen molar-refractivity contribution >= 4 is 6.29 Å². The molecule has 3 aromatic rings. The number of benzene rings is 1. The molecule has 2 aromatic heterocycles. The number of para-hydroxylation sites is 1. The van der Waals surface area contributed by atoms with Crippen molar-refractivity contribution in [3.8, 4) is 16.9 Å². The number of nitrogens with zero attached hydrogens (tertiary/aromatic N) is 3. The molecule has 0 aliphatic carbocycles. The highest BCUT2D eigenvalue weighted by Crippen LogP contribution is 2.17. The minimum Gasteiger partial charge on any atom is -0.336 e. The topological polar surface area (TPSA) is 63.6 Å². The summed E-state index contributed by atoms with van der Waals surface area (Å²) < 4.78 is 1.77. The zero-order valence-corrected chi connectivity index (χ0v) is 9.45. The van der Waals surface area contributed by atoms with Crippen LogP contribution < -0.4 is 0 Å². The van der Waals surface area contributed by atoms with Crippen molar-refractivity contribution in [2.24, 2.45) is 0 Å². The van der Waals surface area contributed by atoms with E-state index >= 15 is 0 Å². The molecular formula is C13H10N4O. The molecule has 1 aromatic carbocycles. The summed E-state index contributed by atoms with van der Waals surface area (Å²) >= 11 is 0. The molecule has 0 amide bonds. The van der Waals surface area contributed by atoms with Crippen molar-refractivity contribution in [3.63, 3.8) is 0 Å². The molecule has 0 unspecified atom stereocenters. The van der Waals surface area contributed by atoms with Gasteiger partial charge in [-0.05, 0) is 12.1 Å². The van der Waals surface area contributed by atoms with Gasteiger partial charge in [-0.2, -0.15) is 5.10 Å². The largest absolute Gasteiger partial charge is 0.336 e. The van der Waals surface area contributed by atoms with Crippen molar-refractivity contribution in [1.29, 1.82) is 0 Å². The Balaban J connectivity index is 1.96. The Hall–Kier alpha value is -2.69.